The fourth-order valence-corrected chi connectivity index (χ4v) is 4.69. The highest BCUT2D eigenvalue weighted by Crippen LogP contribution is 2.29. The van der Waals surface area contributed by atoms with Crippen LogP contribution in [0.2, 0.25) is 0 Å². The highest BCUT2D eigenvalue weighted by atomic mass is 32.2. The molecule has 1 aliphatic carbocycles. The lowest BCUT2D eigenvalue weighted by Crippen LogP contribution is -2.49. The molecular formula is C15H23NO4S. The molecule has 1 saturated carbocycles. The maximum atomic E-state index is 12.6. The number of carbonyl (C=O) groups is 1. The molecule has 2 unspecified atom stereocenters. The van der Waals surface area contributed by atoms with E-state index in [0.717, 1.165) is 19.3 Å². The van der Waals surface area contributed by atoms with Gasteiger partial charge in [0.25, 0.3) is 5.91 Å². The van der Waals surface area contributed by atoms with Crippen LogP contribution in [0.15, 0.2) is 10.5 Å². The summed E-state index contributed by atoms with van der Waals surface area (Å²) in [7, 11) is -1.47. The average Bonchev–Trinajstić information content (AvgIpc) is 2.75. The Balaban J connectivity index is 2.27. The molecule has 1 fully saturated rings. The number of carbonyl (C=O) groups excluding carboxylic acids is 1. The SMILES string of the molecule is Cc1cc(C(=O)N(C)C2CCCCC2S(C)(=O)=O)c(C)o1. The van der Waals surface area contributed by atoms with Gasteiger partial charge in [-0.2, -0.15) is 0 Å². The zero-order chi connectivity index (χ0) is 15.8. The summed E-state index contributed by atoms with van der Waals surface area (Å²) in [5.74, 6) is 1.11. The molecule has 0 spiro atoms. The van der Waals surface area contributed by atoms with Crippen molar-refractivity contribution in [2.24, 2.45) is 0 Å². The first-order valence-corrected chi connectivity index (χ1v) is 9.20. The number of sulfone groups is 1. The van der Waals surface area contributed by atoms with Crippen molar-refractivity contribution in [3.05, 3.63) is 23.2 Å². The zero-order valence-corrected chi connectivity index (χ0v) is 13.9. The van der Waals surface area contributed by atoms with Crippen molar-refractivity contribution in [2.45, 2.75) is 50.8 Å². The van der Waals surface area contributed by atoms with Crippen LogP contribution in [0.4, 0.5) is 0 Å². The molecule has 1 aromatic heterocycles. The average molecular weight is 313 g/mol. The standard InChI is InChI=1S/C15H23NO4S/c1-10-9-12(11(2)20-10)15(17)16(3)13-7-5-6-8-14(13)21(4,18)19/h9,13-14H,5-8H2,1-4H3. The molecule has 0 aliphatic heterocycles. The second-order valence-corrected chi connectivity index (χ2v) is 8.23. The number of furan rings is 1. The maximum absolute atomic E-state index is 12.6. The number of rotatable bonds is 3. The Labute approximate surface area is 126 Å². The van der Waals surface area contributed by atoms with Gasteiger partial charge in [-0.3, -0.25) is 4.79 Å². The van der Waals surface area contributed by atoms with E-state index in [4.69, 9.17) is 4.42 Å². The van der Waals surface area contributed by atoms with Crippen molar-refractivity contribution in [1.29, 1.82) is 0 Å². The summed E-state index contributed by atoms with van der Waals surface area (Å²) in [5, 5.41) is -0.464. The largest absolute Gasteiger partial charge is 0.466 e. The van der Waals surface area contributed by atoms with Crippen LogP contribution in [-0.4, -0.2) is 43.8 Å². The number of nitrogens with zero attached hydrogens (tertiary/aromatic N) is 1. The van der Waals surface area contributed by atoms with Crippen LogP contribution in [-0.2, 0) is 9.84 Å². The number of amides is 1. The molecule has 0 radical (unpaired) electrons. The van der Waals surface area contributed by atoms with Gasteiger partial charge in [0.2, 0.25) is 0 Å². The Hall–Kier alpha value is -1.30. The van der Waals surface area contributed by atoms with Gasteiger partial charge in [0.15, 0.2) is 9.84 Å². The lowest BCUT2D eigenvalue weighted by molar-refractivity contribution is 0.0698. The summed E-state index contributed by atoms with van der Waals surface area (Å²) in [6.45, 7) is 3.55. The lowest BCUT2D eigenvalue weighted by atomic mass is 9.93. The van der Waals surface area contributed by atoms with Crippen molar-refractivity contribution in [3.8, 4) is 0 Å². The lowest BCUT2D eigenvalue weighted by Gasteiger charge is -2.36. The fraction of sp³-hybridized carbons (Fsp3) is 0.667. The van der Waals surface area contributed by atoms with E-state index in [1.165, 1.54) is 6.26 Å². The highest BCUT2D eigenvalue weighted by Gasteiger charge is 2.37. The van der Waals surface area contributed by atoms with Crippen molar-refractivity contribution >= 4 is 15.7 Å². The predicted octanol–water partition coefficient (Wildman–Crippen LogP) is 2.32. The predicted molar refractivity (Wildman–Crippen MR) is 81.2 cm³/mol. The van der Waals surface area contributed by atoms with E-state index in [1.807, 2.05) is 0 Å². The van der Waals surface area contributed by atoms with Crippen molar-refractivity contribution < 1.29 is 17.6 Å². The maximum Gasteiger partial charge on any atom is 0.257 e. The van der Waals surface area contributed by atoms with Crippen molar-refractivity contribution in [3.63, 3.8) is 0 Å². The van der Waals surface area contributed by atoms with Crippen LogP contribution in [0.3, 0.4) is 0 Å². The first-order chi connectivity index (χ1) is 9.71. The van der Waals surface area contributed by atoms with Crippen LogP contribution < -0.4 is 0 Å². The molecular weight excluding hydrogens is 290 g/mol. The molecule has 2 atom stereocenters. The summed E-state index contributed by atoms with van der Waals surface area (Å²) in [6.07, 6.45) is 4.49. The minimum absolute atomic E-state index is 0.162. The van der Waals surface area contributed by atoms with Gasteiger partial charge < -0.3 is 9.32 Å². The van der Waals surface area contributed by atoms with Crippen LogP contribution in [0, 0.1) is 13.8 Å². The normalized spacial score (nSPS) is 23.0. The minimum atomic E-state index is -3.16. The topological polar surface area (TPSA) is 67.6 Å². The third kappa shape index (κ3) is 3.31. The Kier molecular flexibility index (Phi) is 4.46. The second-order valence-electron chi connectivity index (χ2n) is 5.96. The van der Waals surface area contributed by atoms with Gasteiger partial charge in [0.1, 0.15) is 11.5 Å². The van der Waals surface area contributed by atoms with E-state index in [2.05, 4.69) is 0 Å². The van der Waals surface area contributed by atoms with Gasteiger partial charge in [-0.05, 0) is 32.8 Å². The summed E-state index contributed by atoms with van der Waals surface area (Å²) < 4.78 is 29.4. The molecule has 2 rings (SSSR count). The summed E-state index contributed by atoms with van der Waals surface area (Å²) >= 11 is 0. The molecule has 0 bridgehead atoms. The minimum Gasteiger partial charge on any atom is -0.466 e. The van der Waals surface area contributed by atoms with E-state index in [-0.39, 0.29) is 11.9 Å². The van der Waals surface area contributed by atoms with Crippen LogP contribution in [0.1, 0.15) is 47.6 Å². The van der Waals surface area contributed by atoms with Crippen LogP contribution >= 0.6 is 0 Å². The third-order valence-corrected chi connectivity index (χ3v) is 5.96. The molecule has 0 N–H and O–H groups in total. The van der Waals surface area contributed by atoms with Crippen molar-refractivity contribution in [1.82, 2.24) is 4.90 Å². The molecule has 1 aromatic rings. The number of hydrogen-bond donors (Lipinski definition) is 0. The van der Waals surface area contributed by atoms with Crippen LogP contribution in [0.25, 0.3) is 0 Å². The van der Waals surface area contributed by atoms with E-state index >= 15 is 0 Å². The molecule has 21 heavy (non-hydrogen) atoms. The van der Waals surface area contributed by atoms with Gasteiger partial charge in [-0.15, -0.1) is 0 Å². The van der Waals surface area contributed by atoms with E-state index in [0.29, 0.717) is 23.5 Å². The molecule has 0 aromatic carbocycles. The van der Waals surface area contributed by atoms with Gasteiger partial charge >= 0.3 is 0 Å². The fourth-order valence-electron chi connectivity index (χ4n) is 3.20. The van der Waals surface area contributed by atoms with Crippen molar-refractivity contribution in [2.75, 3.05) is 13.3 Å². The molecule has 6 heteroatoms. The molecule has 5 nitrogen and oxygen atoms in total. The van der Waals surface area contributed by atoms with E-state index < -0.39 is 15.1 Å². The summed E-state index contributed by atoms with van der Waals surface area (Å²) in [4.78, 5) is 14.2. The Morgan fingerprint density at radius 1 is 1.29 bits per heavy atom. The van der Waals surface area contributed by atoms with Gasteiger partial charge in [0.05, 0.1) is 10.8 Å². The Morgan fingerprint density at radius 3 is 2.43 bits per heavy atom. The van der Waals surface area contributed by atoms with E-state index in [9.17, 15) is 13.2 Å². The second kappa shape index (κ2) is 5.83. The third-order valence-electron chi connectivity index (χ3n) is 4.31. The van der Waals surface area contributed by atoms with Gasteiger partial charge in [-0.1, -0.05) is 12.8 Å². The highest BCUT2D eigenvalue weighted by molar-refractivity contribution is 7.91. The van der Waals surface area contributed by atoms with E-state index in [1.54, 1.807) is 31.9 Å². The Bertz CT molecular complexity index is 632. The molecule has 118 valence electrons. The molecule has 1 heterocycles. The monoisotopic (exact) mass is 313 g/mol. The smallest absolute Gasteiger partial charge is 0.257 e. The quantitative estimate of drug-likeness (QED) is 0.859. The molecule has 1 aliphatic rings. The summed E-state index contributed by atoms with van der Waals surface area (Å²) in [5.41, 5.74) is 0.521. The first-order valence-electron chi connectivity index (χ1n) is 7.25. The van der Waals surface area contributed by atoms with Gasteiger partial charge in [-0.25, -0.2) is 8.42 Å². The molecule has 0 saturated heterocycles. The van der Waals surface area contributed by atoms with Crippen LogP contribution in [0.5, 0.6) is 0 Å². The number of aryl methyl sites for hydroxylation is 2. The Morgan fingerprint density at radius 2 is 1.90 bits per heavy atom. The summed E-state index contributed by atoms with van der Waals surface area (Å²) in [6, 6.07) is 1.46. The molecule has 1 amide bonds. The van der Waals surface area contributed by atoms with Gasteiger partial charge in [0, 0.05) is 19.3 Å². The first kappa shape index (κ1) is 16.1. The number of hydrogen-bond acceptors (Lipinski definition) is 4. The zero-order valence-electron chi connectivity index (χ0n) is 13.0.